The summed E-state index contributed by atoms with van der Waals surface area (Å²) in [5, 5.41) is 24.9. The number of H-pyrrole nitrogens is 1. The molecule has 2 aliphatic heterocycles. The molecule has 63 heavy (non-hydrogen) atoms. The van der Waals surface area contributed by atoms with Crippen molar-refractivity contribution in [2.45, 2.75) is 63.1 Å². The molecule has 3 aromatic rings. The molecule has 1 aromatic carbocycles. The average molecular weight is 960 g/mol. The van der Waals surface area contributed by atoms with Crippen LogP contribution < -0.4 is 36.3 Å². The lowest BCUT2D eigenvalue weighted by atomic mass is 10.1. The van der Waals surface area contributed by atoms with Crippen molar-refractivity contribution in [3.8, 4) is 10.6 Å². The Bertz CT molecular complexity index is 2680. The molecule has 2 aromatic heterocycles. The Morgan fingerprint density at radius 1 is 1.03 bits per heavy atom. The molecule has 28 heteroatoms. The van der Waals surface area contributed by atoms with E-state index in [0.29, 0.717) is 45.2 Å². The van der Waals surface area contributed by atoms with Crippen LogP contribution in [0.5, 0.6) is 0 Å². The lowest BCUT2D eigenvalue weighted by Crippen LogP contribution is -2.33. The topological polar surface area (TPSA) is 339 Å². The molecule has 1 fully saturated rings. The Balaban J connectivity index is 0.839. The lowest BCUT2D eigenvalue weighted by molar-refractivity contribution is -0.218. The first-order valence-electron chi connectivity index (χ1n) is 19.5. The summed E-state index contributed by atoms with van der Waals surface area (Å²) in [6.07, 6.45) is -2.64. The predicted octanol–water partition coefficient (Wildman–Crippen LogP) is 1.40. The van der Waals surface area contributed by atoms with E-state index >= 15 is 0 Å². The smallest absolute Gasteiger partial charge is 0.487 e. The minimum Gasteiger partial charge on any atom is -0.756 e. The zero-order valence-electron chi connectivity index (χ0n) is 34.2. The second-order valence-electron chi connectivity index (χ2n) is 14.7. The number of aromatic nitrogens is 5. The molecule has 0 saturated carbocycles. The van der Waals surface area contributed by atoms with Crippen molar-refractivity contribution in [2.24, 2.45) is 0 Å². The third-order valence-corrected chi connectivity index (χ3v) is 15.1. The number of imidazole rings is 1. The standard InChI is InChI=1S/C35H48N9O15P3S/c1-42(2)21-10-12-23-26(17-21)63-27-18-22(11-13-24(27)39-23)43(3)15-8-9-28(45)37-14-6-4-5-7-16-55-60(49,50)58-62(53,54)59-61(51,52)56-19-25-30(46)31(47)34(57-25)44-20-38-29-32(44)40-35(36)41-33(29)48/h10-13,17-18,20,25,30-31,34,46-47H,4-9,14-16,19H2,1-3H3,(H6-,36,37,40,41,45,48,49,50,51,52,53,54)/t25-,30-,31-,34-/m1/s1. The van der Waals surface area contributed by atoms with Crippen LogP contribution in [0.1, 0.15) is 44.8 Å². The fourth-order valence-corrected chi connectivity index (χ4v) is 11.0. The van der Waals surface area contributed by atoms with Crippen molar-refractivity contribution in [1.82, 2.24) is 34.4 Å². The summed E-state index contributed by atoms with van der Waals surface area (Å²) in [4.78, 5) is 74.6. The monoisotopic (exact) mass is 959 g/mol. The third-order valence-electron chi connectivity index (χ3n) is 9.72. The number of nitrogens with two attached hydrogens (primary N) is 1. The van der Waals surface area contributed by atoms with Crippen molar-refractivity contribution in [1.29, 1.82) is 0 Å². The van der Waals surface area contributed by atoms with Crippen LogP contribution in [0.15, 0.2) is 47.5 Å². The summed E-state index contributed by atoms with van der Waals surface area (Å²) >= 11 is 1.68. The molecule has 1 amide bonds. The highest BCUT2D eigenvalue weighted by Gasteiger charge is 2.46. The van der Waals surface area contributed by atoms with E-state index in [1.165, 1.54) is 0 Å². The molecule has 0 radical (unpaired) electrons. The van der Waals surface area contributed by atoms with E-state index in [4.69, 9.17) is 15.5 Å². The van der Waals surface area contributed by atoms with E-state index in [1.54, 1.807) is 11.3 Å². The van der Waals surface area contributed by atoms with Gasteiger partial charge in [0.25, 0.3) is 13.4 Å². The summed E-state index contributed by atoms with van der Waals surface area (Å²) in [5.74, 6) is -0.381. The number of aliphatic hydroxyl groups excluding tert-OH is 2. The largest absolute Gasteiger partial charge is 0.756 e. The number of carbonyl (C=O) groups excluding carboxylic acids is 1. The Labute approximate surface area is 363 Å². The lowest BCUT2D eigenvalue weighted by Gasteiger charge is -2.25. The fraction of sp³-hybridized carbons (Fsp3) is 0.486. The molecule has 8 N–H and O–H groups in total. The number of amides is 1. The van der Waals surface area contributed by atoms with Crippen LogP contribution in [0, 0.1) is 0 Å². The number of aliphatic hydroxyl groups is 2. The van der Waals surface area contributed by atoms with Crippen LogP contribution in [0.2, 0.25) is 0 Å². The zero-order chi connectivity index (χ0) is 45.7. The molecule has 3 aliphatic rings. The van der Waals surface area contributed by atoms with E-state index in [9.17, 15) is 48.2 Å². The van der Waals surface area contributed by atoms with Crippen LogP contribution in [0.4, 0.5) is 11.6 Å². The van der Waals surface area contributed by atoms with Gasteiger partial charge in [0.15, 0.2) is 17.4 Å². The molecule has 1 aliphatic carbocycles. The molecular formula is C35H48N9O15P3S. The summed E-state index contributed by atoms with van der Waals surface area (Å²) in [6.45, 7) is -0.423. The van der Waals surface area contributed by atoms with Gasteiger partial charge in [0, 0.05) is 44.4 Å². The van der Waals surface area contributed by atoms with Gasteiger partial charge in [0.05, 0.1) is 40.3 Å². The Hall–Kier alpha value is -4.03. The number of nitrogens with one attached hydrogen (secondary N) is 2. The SMILES string of the molecule is CN(CCCC(=O)NCCCCCCOP(=O)([O-])OP(=O)(O)OP(=O)(O)OC[C@H]1O[C@@H](n2cnc3c(=O)[nH]c(N)nc32)[C@H](O)[C@@H]1O)c1ccc2nc3ccc(=[N+](C)C)cc-3sc2c1. The maximum absolute atomic E-state index is 12.4. The number of nitrogen functional groups attached to an aromatic ring is 1. The highest BCUT2D eigenvalue weighted by molar-refractivity contribution is 7.66. The number of rotatable bonds is 21. The minimum absolute atomic E-state index is 0.0992. The number of ether oxygens (including phenoxy) is 1. The van der Waals surface area contributed by atoms with Gasteiger partial charge >= 0.3 is 15.6 Å². The summed E-state index contributed by atoms with van der Waals surface area (Å²) in [7, 11) is -11.0. The van der Waals surface area contributed by atoms with Gasteiger partial charge in [-0.3, -0.25) is 28.2 Å². The van der Waals surface area contributed by atoms with Gasteiger partial charge in [-0.05, 0) is 43.5 Å². The van der Waals surface area contributed by atoms with Crippen molar-refractivity contribution < 1.29 is 65.8 Å². The van der Waals surface area contributed by atoms with Crippen molar-refractivity contribution in [2.75, 3.05) is 58.1 Å². The van der Waals surface area contributed by atoms with Crippen LogP contribution in [0.3, 0.4) is 0 Å². The van der Waals surface area contributed by atoms with Crippen LogP contribution in [-0.4, -0.2) is 116 Å². The first kappa shape index (κ1) is 48.4. The van der Waals surface area contributed by atoms with Gasteiger partial charge in [-0.2, -0.15) is 9.29 Å². The number of hydrogen-bond donors (Lipinski definition) is 7. The molecule has 0 bridgehead atoms. The number of phosphoric ester groups is 2. The maximum atomic E-state index is 12.4. The van der Waals surface area contributed by atoms with Gasteiger partial charge < -0.3 is 50.1 Å². The van der Waals surface area contributed by atoms with Crippen molar-refractivity contribution in [3.05, 3.63) is 58.4 Å². The number of benzene rings is 2. The highest BCUT2D eigenvalue weighted by Crippen LogP contribution is 2.66. The Morgan fingerprint density at radius 3 is 2.56 bits per heavy atom. The molecule has 0 spiro atoms. The molecule has 6 rings (SSSR count). The summed E-state index contributed by atoms with van der Waals surface area (Å²) in [5.41, 5.74) is 7.46. The number of hydrogen-bond acceptors (Lipinski definition) is 19. The van der Waals surface area contributed by atoms with Gasteiger partial charge in [0.2, 0.25) is 17.2 Å². The predicted molar refractivity (Wildman–Crippen MR) is 227 cm³/mol. The van der Waals surface area contributed by atoms with E-state index < -0.39 is 66.8 Å². The van der Waals surface area contributed by atoms with Crippen molar-refractivity contribution >= 4 is 73.7 Å². The molecule has 24 nitrogen and oxygen atoms in total. The summed E-state index contributed by atoms with van der Waals surface area (Å²) < 4.78 is 63.9. The first-order valence-corrected chi connectivity index (χ1v) is 24.7. The second-order valence-corrected chi connectivity index (χ2v) is 20.4. The van der Waals surface area contributed by atoms with E-state index in [-0.39, 0.29) is 29.4 Å². The maximum Gasteiger partial charge on any atom is 0.487 e. The third kappa shape index (κ3) is 12.8. The van der Waals surface area contributed by atoms with Gasteiger partial charge in [-0.25, -0.2) is 28.0 Å². The minimum atomic E-state index is -5.85. The quantitative estimate of drug-likeness (QED) is 0.0236. The van der Waals surface area contributed by atoms with Gasteiger partial charge in [-0.1, -0.05) is 12.8 Å². The molecule has 344 valence electrons. The molecule has 7 atom stereocenters. The zero-order valence-corrected chi connectivity index (χ0v) is 37.7. The summed E-state index contributed by atoms with van der Waals surface area (Å²) in [6, 6.07) is 12.3. The van der Waals surface area contributed by atoms with Crippen LogP contribution in [0.25, 0.3) is 32.0 Å². The number of carbonyl (C=O) groups is 1. The molecular weight excluding hydrogens is 911 g/mol. The Kier molecular flexibility index (Phi) is 15.7. The van der Waals surface area contributed by atoms with Crippen molar-refractivity contribution in [3.63, 3.8) is 0 Å². The molecule has 1 saturated heterocycles. The second kappa shape index (κ2) is 20.4. The number of unbranched alkanes of at least 4 members (excludes halogenated alkanes) is 3. The van der Waals surface area contributed by atoms with Gasteiger partial charge in [0.1, 0.15) is 32.4 Å². The fourth-order valence-electron chi connectivity index (χ4n) is 6.51. The first-order chi connectivity index (χ1) is 29.7. The average Bonchev–Trinajstić information content (AvgIpc) is 3.75. The van der Waals surface area contributed by atoms with Gasteiger partial charge in [-0.15, -0.1) is 11.3 Å². The number of phosphoric acid groups is 3. The number of nitrogens with zero attached hydrogens (tertiary/aromatic N) is 6. The normalized spacial score (nSPS) is 20.7. The highest BCUT2D eigenvalue weighted by atomic mass is 32.1. The van der Waals surface area contributed by atoms with Crippen LogP contribution >= 0.6 is 34.8 Å². The number of aromatic amines is 1. The van der Waals surface area contributed by atoms with E-state index in [0.717, 1.165) is 42.7 Å². The van der Waals surface area contributed by atoms with Crippen LogP contribution in [-0.2, 0) is 40.9 Å². The van der Waals surface area contributed by atoms with E-state index in [1.807, 2.05) is 45.4 Å². The number of anilines is 2. The molecule has 3 unspecified atom stereocenters. The molecule has 4 heterocycles. The Morgan fingerprint density at radius 2 is 1.79 bits per heavy atom. The van der Waals surface area contributed by atoms with E-state index in [2.05, 4.69) is 59.5 Å². The number of fused-ring (bicyclic) bond motifs is 3.